The first kappa shape index (κ1) is 24.1. The number of halogens is 1. The van der Waals surface area contributed by atoms with Crippen molar-refractivity contribution in [3.8, 4) is 11.3 Å². The fourth-order valence-corrected chi connectivity index (χ4v) is 4.62. The minimum Gasteiger partial charge on any atom is -0.448 e. The molecule has 1 saturated heterocycles. The van der Waals surface area contributed by atoms with Crippen LogP contribution in [0.3, 0.4) is 0 Å². The van der Waals surface area contributed by atoms with Gasteiger partial charge in [-0.25, -0.2) is 4.79 Å². The number of ether oxygens (including phenoxy) is 1. The number of nitrogens with zero attached hydrogens (tertiary/aromatic N) is 4. The monoisotopic (exact) mass is 501 g/mol. The second kappa shape index (κ2) is 11.4. The zero-order valence-corrected chi connectivity index (χ0v) is 19.9. The standard InChI is InChI=1S/C23H24ClN5O4S/c24-20-9-6-17(11-22(20)29(31)32)13-28-10-2-1-3-19(28)14-33-23(30)25-12-16-4-7-18(8-5-16)21-15-34-27-26-21/h4-9,11,15,19H,1-3,10,12-14H2,(H,25,30). The molecule has 1 N–H and O–H groups in total. The number of carbonyl (C=O) groups is 1. The molecule has 1 amide bonds. The highest BCUT2D eigenvalue weighted by molar-refractivity contribution is 7.03. The number of aromatic nitrogens is 2. The number of hydrogen-bond donors (Lipinski definition) is 1. The minimum absolute atomic E-state index is 0.0558. The number of nitro benzene ring substituents is 1. The minimum atomic E-state index is -0.475. The van der Waals surface area contributed by atoms with Crippen LogP contribution < -0.4 is 5.32 Å². The molecule has 1 unspecified atom stereocenters. The Hall–Kier alpha value is -3.08. The van der Waals surface area contributed by atoms with Crippen LogP contribution in [-0.2, 0) is 17.8 Å². The first-order valence-electron chi connectivity index (χ1n) is 10.9. The van der Waals surface area contributed by atoms with E-state index < -0.39 is 11.0 Å². The molecule has 1 atom stereocenters. The van der Waals surface area contributed by atoms with Crippen LogP contribution >= 0.6 is 23.1 Å². The van der Waals surface area contributed by atoms with Crippen molar-refractivity contribution in [1.29, 1.82) is 0 Å². The molecule has 1 fully saturated rings. The number of likely N-dealkylation sites (tertiary alicyclic amines) is 1. The molecule has 34 heavy (non-hydrogen) atoms. The lowest BCUT2D eigenvalue weighted by atomic mass is 10.0. The van der Waals surface area contributed by atoms with E-state index in [1.165, 1.54) is 17.6 Å². The van der Waals surface area contributed by atoms with Crippen molar-refractivity contribution < 1.29 is 14.5 Å². The second-order valence-electron chi connectivity index (χ2n) is 8.10. The molecule has 2 heterocycles. The van der Waals surface area contributed by atoms with Gasteiger partial charge in [0, 0.05) is 36.1 Å². The van der Waals surface area contributed by atoms with E-state index in [1.54, 1.807) is 12.1 Å². The van der Waals surface area contributed by atoms with Crippen LogP contribution in [0.4, 0.5) is 10.5 Å². The van der Waals surface area contributed by atoms with Gasteiger partial charge in [-0.2, -0.15) is 0 Å². The number of nitro groups is 1. The second-order valence-corrected chi connectivity index (χ2v) is 9.12. The van der Waals surface area contributed by atoms with Gasteiger partial charge in [0.2, 0.25) is 0 Å². The van der Waals surface area contributed by atoms with Crippen LogP contribution in [0, 0.1) is 10.1 Å². The zero-order valence-electron chi connectivity index (χ0n) is 18.4. The van der Waals surface area contributed by atoms with Gasteiger partial charge in [-0.3, -0.25) is 15.0 Å². The van der Waals surface area contributed by atoms with Crippen molar-refractivity contribution in [3.05, 3.63) is 74.1 Å². The average molecular weight is 502 g/mol. The SMILES string of the molecule is O=C(NCc1ccc(-c2csnn2)cc1)OCC1CCCCN1Cc1ccc(Cl)c([N+](=O)[O-])c1. The van der Waals surface area contributed by atoms with Crippen LogP contribution in [-0.4, -0.2) is 44.7 Å². The maximum atomic E-state index is 12.3. The first-order chi connectivity index (χ1) is 16.5. The summed E-state index contributed by atoms with van der Waals surface area (Å²) in [5.41, 5.74) is 3.47. The molecular weight excluding hydrogens is 478 g/mol. The molecule has 0 aliphatic carbocycles. The van der Waals surface area contributed by atoms with Gasteiger partial charge in [-0.15, -0.1) is 5.10 Å². The summed E-state index contributed by atoms with van der Waals surface area (Å²) in [6.07, 6.45) is 2.51. The molecule has 4 rings (SSSR count). The van der Waals surface area contributed by atoms with Gasteiger partial charge in [0.1, 0.15) is 17.3 Å². The van der Waals surface area contributed by atoms with Crippen LogP contribution in [0.5, 0.6) is 0 Å². The summed E-state index contributed by atoms with van der Waals surface area (Å²) in [4.78, 5) is 25.2. The van der Waals surface area contributed by atoms with Crippen molar-refractivity contribution in [2.45, 2.75) is 38.4 Å². The van der Waals surface area contributed by atoms with Crippen molar-refractivity contribution in [1.82, 2.24) is 19.8 Å². The van der Waals surface area contributed by atoms with Crippen LogP contribution in [0.25, 0.3) is 11.3 Å². The van der Waals surface area contributed by atoms with Crippen LogP contribution in [0.2, 0.25) is 5.02 Å². The van der Waals surface area contributed by atoms with Gasteiger partial charge in [0.25, 0.3) is 5.69 Å². The highest BCUT2D eigenvalue weighted by atomic mass is 35.5. The predicted molar refractivity (Wildman–Crippen MR) is 130 cm³/mol. The largest absolute Gasteiger partial charge is 0.448 e. The van der Waals surface area contributed by atoms with E-state index in [4.69, 9.17) is 16.3 Å². The van der Waals surface area contributed by atoms with Crippen molar-refractivity contribution in [2.24, 2.45) is 0 Å². The van der Waals surface area contributed by atoms with Crippen molar-refractivity contribution in [2.75, 3.05) is 13.2 Å². The highest BCUT2D eigenvalue weighted by Gasteiger charge is 2.25. The number of hydrogen-bond acceptors (Lipinski definition) is 8. The summed E-state index contributed by atoms with van der Waals surface area (Å²) in [6, 6.07) is 12.7. The topological polar surface area (TPSA) is 110 Å². The number of benzene rings is 2. The van der Waals surface area contributed by atoms with Gasteiger partial charge >= 0.3 is 6.09 Å². The molecule has 11 heteroatoms. The van der Waals surface area contributed by atoms with Gasteiger partial charge < -0.3 is 10.1 Å². The summed E-state index contributed by atoms with van der Waals surface area (Å²) in [5.74, 6) is 0. The predicted octanol–water partition coefficient (Wildman–Crippen LogP) is 5.05. The number of rotatable bonds is 8. The number of nitrogens with one attached hydrogen (secondary N) is 1. The third-order valence-electron chi connectivity index (χ3n) is 5.80. The molecule has 0 spiro atoms. The molecule has 9 nitrogen and oxygen atoms in total. The molecule has 1 aromatic heterocycles. The molecule has 2 aromatic carbocycles. The molecule has 1 aliphatic heterocycles. The Balaban J connectivity index is 1.27. The van der Waals surface area contributed by atoms with E-state index in [1.807, 2.05) is 29.6 Å². The van der Waals surface area contributed by atoms with Crippen LogP contribution in [0.15, 0.2) is 47.8 Å². The van der Waals surface area contributed by atoms with Gasteiger partial charge in [0.05, 0.1) is 4.92 Å². The Morgan fingerprint density at radius 1 is 1.24 bits per heavy atom. The lowest BCUT2D eigenvalue weighted by Crippen LogP contribution is -2.43. The van der Waals surface area contributed by atoms with E-state index >= 15 is 0 Å². The Labute approximate surface area is 206 Å². The number of alkyl carbamates (subject to hydrolysis) is 1. The van der Waals surface area contributed by atoms with E-state index in [0.29, 0.717) is 13.1 Å². The maximum Gasteiger partial charge on any atom is 0.407 e. The fraction of sp³-hybridized carbons (Fsp3) is 0.348. The summed E-state index contributed by atoms with van der Waals surface area (Å²) in [7, 11) is 0. The third-order valence-corrected chi connectivity index (χ3v) is 6.62. The van der Waals surface area contributed by atoms with E-state index in [-0.39, 0.29) is 23.4 Å². The molecule has 0 radical (unpaired) electrons. The van der Waals surface area contributed by atoms with Crippen molar-refractivity contribution >= 4 is 34.9 Å². The highest BCUT2D eigenvalue weighted by Crippen LogP contribution is 2.27. The van der Waals surface area contributed by atoms with Crippen molar-refractivity contribution in [3.63, 3.8) is 0 Å². The smallest absolute Gasteiger partial charge is 0.407 e. The Kier molecular flexibility index (Phi) is 8.04. The van der Waals surface area contributed by atoms with Gasteiger partial charge in [-0.05, 0) is 48.1 Å². The van der Waals surface area contributed by atoms with E-state index in [0.717, 1.165) is 48.2 Å². The van der Waals surface area contributed by atoms with Gasteiger partial charge in [-0.1, -0.05) is 52.8 Å². The van der Waals surface area contributed by atoms with E-state index in [9.17, 15) is 14.9 Å². The Morgan fingerprint density at radius 2 is 2.03 bits per heavy atom. The number of amides is 1. The van der Waals surface area contributed by atoms with E-state index in [2.05, 4.69) is 19.8 Å². The average Bonchev–Trinajstić information content (AvgIpc) is 3.38. The summed E-state index contributed by atoms with van der Waals surface area (Å²) < 4.78 is 9.36. The third kappa shape index (κ3) is 6.28. The lowest BCUT2D eigenvalue weighted by Gasteiger charge is -2.35. The molecule has 0 saturated carbocycles. The first-order valence-corrected chi connectivity index (χ1v) is 12.1. The Bertz CT molecular complexity index is 1130. The molecule has 0 bridgehead atoms. The van der Waals surface area contributed by atoms with Crippen LogP contribution in [0.1, 0.15) is 30.4 Å². The number of carbonyl (C=O) groups excluding carboxylic acids is 1. The molecule has 1 aliphatic rings. The normalized spacial score (nSPS) is 16.2. The quantitative estimate of drug-likeness (QED) is 0.339. The molecule has 3 aromatic rings. The molecule has 178 valence electrons. The summed E-state index contributed by atoms with van der Waals surface area (Å²) in [5, 5.41) is 20.0. The summed E-state index contributed by atoms with van der Waals surface area (Å²) >= 11 is 7.23. The maximum absolute atomic E-state index is 12.3. The number of piperidine rings is 1. The lowest BCUT2D eigenvalue weighted by molar-refractivity contribution is -0.384. The molecular formula is C23H24ClN5O4S. The fourth-order valence-electron chi connectivity index (χ4n) is 3.97. The Morgan fingerprint density at radius 3 is 2.76 bits per heavy atom. The van der Waals surface area contributed by atoms with Gasteiger partial charge in [0.15, 0.2) is 0 Å². The summed E-state index contributed by atoms with van der Waals surface area (Å²) in [6.45, 7) is 2.00. The zero-order chi connectivity index (χ0) is 23.9.